The van der Waals surface area contributed by atoms with E-state index in [-0.39, 0.29) is 11.8 Å². The lowest BCUT2D eigenvalue weighted by atomic mass is 9.98. The average molecular weight is 472 g/mol. The molecule has 32 heavy (non-hydrogen) atoms. The van der Waals surface area contributed by atoms with Crippen LogP contribution in [0.5, 0.6) is 0 Å². The van der Waals surface area contributed by atoms with Crippen molar-refractivity contribution in [3.05, 3.63) is 59.1 Å². The zero-order valence-electron chi connectivity index (χ0n) is 18.2. The van der Waals surface area contributed by atoms with Gasteiger partial charge in [0.1, 0.15) is 11.0 Å². The number of rotatable bonds is 8. The van der Waals surface area contributed by atoms with E-state index in [0.717, 1.165) is 12.0 Å². The number of urea groups is 1. The van der Waals surface area contributed by atoms with Gasteiger partial charge in [-0.2, -0.15) is 0 Å². The third-order valence-corrected chi connectivity index (χ3v) is 6.25. The van der Waals surface area contributed by atoms with Crippen LogP contribution in [0.15, 0.2) is 48.5 Å². The van der Waals surface area contributed by atoms with Crippen molar-refractivity contribution < 1.29 is 9.59 Å². The molecule has 0 spiro atoms. The number of aryl methyl sites for hydroxylation is 1. The molecule has 0 saturated carbocycles. The minimum atomic E-state index is -0.728. The lowest BCUT2D eigenvalue weighted by Crippen LogP contribution is -2.49. The van der Waals surface area contributed by atoms with Gasteiger partial charge in [0, 0.05) is 16.3 Å². The Hall–Kier alpha value is -2.97. The molecule has 0 aliphatic rings. The third-order valence-electron chi connectivity index (χ3n) is 5.13. The SMILES string of the molecule is CCc1ccc(NC(=O)N[C@@H](C(=O)Nc2nnc(-c3cccc(Cl)c3)s2)[C@@H](C)CC)cc1. The maximum atomic E-state index is 12.9. The molecule has 7 nitrogen and oxygen atoms in total. The number of amides is 3. The first kappa shape index (κ1) is 23.7. The van der Waals surface area contributed by atoms with Crippen LogP contribution in [0.4, 0.5) is 15.6 Å². The highest BCUT2D eigenvalue weighted by Crippen LogP contribution is 2.28. The summed E-state index contributed by atoms with van der Waals surface area (Å²) in [5.41, 5.74) is 2.67. The van der Waals surface area contributed by atoms with E-state index < -0.39 is 12.1 Å². The number of anilines is 2. The van der Waals surface area contributed by atoms with Gasteiger partial charge in [-0.3, -0.25) is 10.1 Å². The molecule has 0 aliphatic heterocycles. The minimum absolute atomic E-state index is 0.0801. The quantitative estimate of drug-likeness (QED) is 0.398. The van der Waals surface area contributed by atoms with Crippen molar-refractivity contribution in [2.45, 2.75) is 39.7 Å². The largest absolute Gasteiger partial charge is 0.326 e. The van der Waals surface area contributed by atoms with Crippen LogP contribution in [-0.2, 0) is 11.2 Å². The Morgan fingerprint density at radius 2 is 1.81 bits per heavy atom. The van der Waals surface area contributed by atoms with Crippen molar-refractivity contribution in [1.82, 2.24) is 15.5 Å². The van der Waals surface area contributed by atoms with Gasteiger partial charge in [-0.1, -0.05) is 74.4 Å². The predicted octanol–water partition coefficient (Wildman–Crippen LogP) is 5.60. The zero-order valence-corrected chi connectivity index (χ0v) is 19.8. The molecule has 1 aromatic heterocycles. The van der Waals surface area contributed by atoms with E-state index in [1.165, 1.54) is 16.9 Å². The molecule has 168 valence electrons. The summed E-state index contributed by atoms with van der Waals surface area (Å²) in [5.74, 6) is -0.423. The topological polar surface area (TPSA) is 96.0 Å². The van der Waals surface area contributed by atoms with E-state index in [2.05, 4.69) is 33.1 Å². The Balaban J connectivity index is 1.66. The van der Waals surface area contributed by atoms with Crippen LogP contribution < -0.4 is 16.0 Å². The Morgan fingerprint density at radius 1 is 1.06 bits per heavy atom. The Bertz CT molecular complexity index is 1070. The minimum Gasteiger partial charge on any atom is -0.326 e. The zero-order chi connectivity index (χ0) is 23.1. The van der Waals surface area contributed by atoms with Crippen molar-refractivity contribution in [2.75, 3.05) is 10.6 Å². The molecule has 0 unspecified atom stereocenters. The average Bonchev–Trinajstić information content (AvgIpc) is 3.26. The molecule has 9 heteroatoms. The molecule has 0 fully saturated rings. The van der Waals surface area contributed by atoms with Crippen LogP contribution in [0.25, 0.3) is 10.6 Å². The van der Waals surface area contributed by atoms with Crippen LogP contribution in [0.1, 0.15) is 32.8 Å². The molecule has 0 aliphatic carbocycles. The van der Waals surface area contributed by atoms with E-state index >= 15 is 0 Å². The number of carbonyl (C=O) groups excluding carboxylic acids is 2. The normalized spacial score (nSPS) is 12.6. The fourth-order valence-corrected chi connectivity index (χ4v) is 3.96. The molecule has 3 N–H and O–H groups in total. The number of nitrogens with zero attached hydrogens (tertiary/aromatic N) is 2. The highest BCUT2D eigenvalue weighted by atomic mass is 35.5. The summed E-state index contributed by atoms with van der Waals surface area (Å²) < 4.78 is 0. The molecule has 1 heterocycles. The summed E-state index contributed by atoms with van der Waals surface area (Å²) in [4.78, 5) is 25.5. The molecule has 3 rings (SSSR count). The summed E-state index contributed by atoms with van der Waals surface area (Å²) in [6.07, 6.45) is 1.64. The smallest absolute Gasteiger partial charge is 0.319 e. The lowest BCUT2D eigenvalue weighted by molar-refractivity contribution is -0.119. The van der Waals surface area contributed by atoms with Crippen molar-refractivity contribution in [3.8, 4) is 10.6 Å². The molecule has 0 saturated heterocycles. The number of aromatic nitrogens is 2. The summed E-state index contributed by atoms with van der Waals surface area (Å²) in [6.45, 7) is 5.95. The molecule has 3 amide bonds. The van der Waals surface area contributed by atoms with Crippen LogP contribution >= 0.6 is 22.9 Å². The van der Waals surface area contributed by atoms with Gasteiger partial charge >= 0.3 is 6.03 Å². The number of halogens is 1. The van der Waals surface area contributed by atoms with Gasteiger partial charge in [0.2, 0.25) is 11.0 Å². The summed E-state index contributed by atoms with van der Waals surface area (Å²) >= 11 is 7.28. The number of carbonyl (C=O) groups is 2. The van der Waals surface area contributed by atoms with Gasteiger partial charge in [0.25, 0.3) is 0 Å². The lowest BCUT2D eigenvalue weighted by Gasteiger charge is -2.23. The van der Waals surface area contributed by atoms with Crippen molar-refractivity contribution in [2.24, 2.45) is 5.92 Å². The second-order valence-electron chi connectivity index (χ2n) is 7.42. The van der Waals surface area contributed by atoms with E-state index in [9.17, 15) is 9.59 Å². The van der Waals surface area contributed by atoms with Crippen LogP contribution in [0, 0.1) is 5.92 Å². The predicted molar refractivity (Wildman–Crippen MR) is 130 cm³/mol. The first-order valence-corrected chi connectivity index (χ1v) is 11.7. The summed E-state index contributed by atoms with van der Waals surface area (Å²) in [7, 11) is 0. The van der Waals surface area contributed by atoms with Gasteiger partial charge in [0.15, 0.2) is 0 Å². The number of hydrogen-bond donors (Lipinski definition) is 3. The Morgan fingerprint density at radius 3 is 2.47 bits per heavy atom. The van der Waals surface area contributed by atoms with Crippen LogP contribution in [0.2, 0.25) is 5.02 Å². The fraction of sp³-hybridized carbons (Fsp3) is 0.304. The van der Waals surface area contributed by atoms with E-state index in [1.807, 2.05) is 50.2 Å². The van der Waals surface area contributed by atoms with Gasteiger partial charge < -0.3 is 10.6 Å². The molecule has 0 bridgehead atoms. The molecule has 3 aromatic rings. The van der Waals surface area contributed by atoms with Gasteiger partial charge in [-0.05, 0) is 42.2 Å². The van der Waals surface area contributed by atoms with Crippen molar-refractivity contribution in [1.29, 1.82) is 0 Å². The van der Waals surface area contributed by atoms with E-state index in [4.69, 9.17) is 11.6 Å². The Labute approximate surface area is 196 Å². The maximum absolute atomic E-state index is 12.9. The molecular formula is C23H26ClN5O2S. The van der Waals surface area contributed by atoms with Gasteiger partial charge in [0.05, 0.1) is 0 Å². The maximum Gasteiger partial charge on any atom is 0.319 e. The van der Waals surface area contributed by atoms with Crippen LogP contribution in [-0.4, -0.2) is 28.2 Å². The molecule has 2 atom stereocenters. The van der Waals surface area contributed by atoms with Gasteiger partial charge in [-0.25, -0.2) is 4.79 Å². The molecule has 2 aromatic carbocycles. The molecule has 0 radical (unpaired) electrons. The van der Waals surface area contributed by atoms with E-state index in [0.29, 0.717) is 27.3 Å². The monoisotopic (exact) mass is 471 g/mol. The first-order chi connectivity index (χ1) is 15.4. The van der Waals surface area contributed by atoms with E-state index in [1.54, 1.807) is 12.1 Å². The summed E-state index contributed by atoms with van der Waals surface area (Å²) in [5, 5.41) is 18.1. The van der Waals surface area contributed by atoms with Crippen molar-refractivity contribution >= 4 is 45.7 Å². The number of benzene rings is 2. The highest BCUT2D eigenvalue weighted by molar-refractivity contribution is 7.18. The van der Waals surface area contributed by atoms with Gasteiger partial charge in [-0.15, -0.1) is 10.2 Å². The second kappa shape index (κ2) is 11.1. The first-order valence-electron chi connectivity index (χ1n) is 10.5. The highest BCUT2D eigenvalue weighted by Gasteiger charge is 2.27. The fourth-order valence-electron chi connectivity index (χ4n) is 3.03. The third kappa shape index (κ3) is 6.27. The second-order valence-corrected chi connectivity index (χ2v) is 8.84. The molecular weight excluding hydrogens is 446 g/mol. The number of nitrogens with one attached hydrogen (secondary N) is 3. The van der Waals surface area contributed by atoms with Crippen LogP contribution in [0.3, 0.4) is 0 Å². The Kier molecular flexibility index (Phi) is 8.19. The standard InChI is InChI=1S/C23H26ClN5O2S/c1-4-14(3)19(26-22(31)25-18-11-9-15(5-2)10-12-18)20(30)27-23-29-28-21(32-23)16-7-6-8-17(24)13-16/h6-14,19H,4-5H2,1-3H3,(H2,25,26,31)(H,27,29,30)/t14-,19+/m0/s1. The van der Waals surface area contributed by atoms with Crippen molar-refractivity contribution in [3.63, 3.8) is 0 Å². The summed E-state index contributed by atoms with van der Waals surface area (Å²) in [6, 6.07) is 13.7. The number of hydrogen-bond acceptors (Lipinski definition) is 5.